The van der Waals surface area contributed by atoms with Gasteiger partial charge >= 0.3 is 5.97 Å². The number of nitrogens with one attached hydrogen (secondary N) is 1. The highest BCUT2D eigenvalue weighted by Gasteiger charge is 2.17. The Balaban J connectivity index is 2.23. The molecule has 0 bridgehead atoms. The van der Waals surface area contributed by atoms with Gasteiger partial charge in [-0.05, 0) is 22.0 Å². The molecule has 0 aliphatic carbocycles. The van der Waals surface area contributed by atoms with E-state index >= 15 is 0 Å². The van der Waals surface area contributed by atoms with Gasteiger partial charge in [-0.25, -0.2) is 18.6 Å². The van der Waals surface area contributed by atoms with Crippen molar-refractivity contribution in [2.45, 2.75) is 0 Å². The molecule has 0 atom stereocenters. The third-order valence-electron chi connectivity index (χ3n) is 2.18. The maximum atomic E-state index is 13.5. The lowest BCUT2D eigenvalue weighted by atomic mass is 10.3. The summed E-state index contributed by atoms with van der Waals surface area (Å²) in [5.41, 5.74) is -0.648. The fraction of sp³-hybridized carbons (Fsp3) is 0. The van der Waals surface area contributed by atoms with E-state index in [9.17, 15) is 18.4 Å². The number of nitrogens with zero attached hydrogens (tertiary/aromatic N) is 1. The van der Waals surface area contributed by atoms with Gasteiger partial charge in [0, 0.05) is 11.4 Å². The molecule has 0 fully saturated rings. The van der Waals surface area contributed by atoms with Crippen molar-refractivity contribution in [2.24, 2.45) is 0 Å². The molecule has 1 aromatic heterocycles. The van der Waals surface area contributed by atoms with Crippen molar-refractivity contribution >= 4 is 44.8 Å². The predicted octanol–water partition coefficient (Wildman–Crippen LogP) is 3.13. The fourth-order valence-corrected chi connectivity index (χ4v) is 2.27. The number of benzene rings is 1. The van der Waals surface area contributed by atoms with Crippen LogP contribution in [0.5, 0.6) is 0 Å². The van der Waals surface area contributed by atoms with Crippen molar-refractivity contribution in [2.75, 3.05) is 5.32 Å². The van der Waals surface area contributed by atoms with Crippen LogP contribution < -0.4 is 5.32 Å². The highest BCUT2D eigenvalue weighted by Crippen LogP contribution is 2.24. The average molecular weight is 363 g/mol. The molecule has 5 nitrogen and oxygen atoms in total. The van der Waals surface area contributed by atoms with Crippen LogP contribution in [-0.2, 0) is 0 Å². The van der Waals surface area contributed by atoms with Gasteiger partial charge in [0.25, 0.3) is 5.91 Å². The molecular formula is C11H5BrF2N2O3S. The van der Waals surface area contributed by atoms with E-state index in [-0.39, 0.29) is 20.9 Å². The van der Waals surface area contributed by atoms with E-state index < -0.39 is 23.5 Å². The van der Waals surface area contributed by atoms with E-state index in [1.165, 1.54) is 5.38 Å². The molecule has 0 unspecified atom stereocenters. The SMILES string of the molecule is O=C(O)c1csc(C(=O)Nc2cc(F)c(Br)cc2F)n1. The largest absolute Gasteiger partial charge is 0.476 e. The van der Waals surface area contributed by atoms with Gasteiger partial charge in [0.15, 0.2) is 10.7 Å². The van der Waals surface area contributed by atoms with Gasteiger partial charge in [0.1, 0.15) is 11.6 Å². The molecule has 0 radical (unpaired) electrons. The number of anilines is 1. The second-order valence-electron chi connectivity index (χ2n) is 3.54. The van der Waals surface area contributed by atoms with Gasteiger partial charge in [0.2, 0.25) is 0 Å². The lowest BCUT2D eigenvalue weighted by molar-refractivity contribution is 0.0691. The van der Waals surface area contributed by atoms with Gasteiger partial charge < -0.3 is 10.4 Å². The fourth-order valence-electron chi connectivity index (χ4n) is 1.27. The van der Waals surface area contributed by atoms with Crippen molar-refractivity contribution in [3.8, 4) is 0 Å². The Bertz CT molecular complexity index is 705. The molecule has 2 rings (SSSR count). The molecular weight excluding hydrogens is 358 g/mol. The quantitative estimate of drug-likeness (QED) is 0.822. The monoisotopic (exact) mass is 362 g/mol. The van der Waals surface area contributed by atoms with E-state index in [2.05, 4.69) is 26.2 Å². The molecule has 104 valence electrons. The Morgan fingerprint density at radius 2 is 2.00 bits per heavy atom. The predicted molar refractivity (Wildman–Crippen MR) is 71.1 cm³/mol. The first-order valence-corrected chi connectivity index (χ1v) is 6.70. The minimum absolute atomic E-state index is 0.0737. The first-order chi connectivity index (χ1) is 9.38. The van der Waals surface area contributed by atoms with Gasteiger partial charge in [-0.15, -0.1) is 11.3 Å². The summed E-state index contributed by atoms with van der Waals surface area (Å²) in [6.45, 7) is 0. The molecule has 0 aliphatic heterocycles. The molecule has 9 heteroatoms. The first kappa shape index (κ1) is 14.5. The molecule has 1 heterocycles. The topological polar surface area (TPSA) is 79.3 Å². The van der Waals surface area contributed by atoms with Crippen molar-refractivity contribution in [3.63, 3.8) is 0 Å². The number of carbonyl (C=O) groups excluding carboxylic acids is 1. The van der Waals surface area contributed by atoms with Crippen LogP contribution in [0.3, 0.4) is 0 Å². The summed E-state index contributed by atoms with van der Waals surface area (Å²) < 4.78 is 26.7. The smallest absolute Gasteiger partial charge is 0.355 e. The van der Waals surface area contributed by atoms with Gasteiger partial charge in [-0.2, -0.15) is 0 Å². The summed E-state index contributed by atoms with van der Waals surface area (Å²) in [4.78, 5) is 25.9. The van der Waals surface area contributed by atoms with Crippen LogP contribution in [0.2, 0.25) is 0 Å². The number of thiazole rings is 1. The molecule has 1 amide bonds. The lowest BCUT2D eigenvalue weighted by Crippen LogP contribution is -2.13. The number of rotatable bonds is 3. The second-order valence-corrected chi connectivity index (χ2v) is 5.26. The first-order valence-electron chi connectivity index (χ1n) is 5.03. The Morgan fingerprint density at radius 3 is 2.60 bits per heavy atom. The van der Waals surface area contributed by atoms with E-state index in [4.69, 9.17) is 5.11 Å². The number of carboxylic acid groups (broad SMARTS) is 1. The van der Waals surface area contributed by atoms with Gasteiger partial charge in [-0.1, -0.05) is 0 Å². The molecule has 2 N–H and O–H groups in total. The van der Waals surface area contributed by atoms with Crippen molar-refractivity contribution in [1.29, 1.82) is 0 Å². The van der Waals surface area contributed by atoms with Crippen LogP contribution in [-0.4, -0.2) is 22.0 Å². The number of aromatic carboxylic acids is 1. The number of hydrogen-bond acceptors (Lipinski definition) is 4. The summed E-state index contributed by atoms with van der Waals surface area (Å²) in [5.74, 6) is -3.67. The number of amides is 1. The number of hydrogen-bond donors (Lipinski definition) is 2. The van der Waals surface area contributed by atoms with E-state index in [1.54, 1.807) is 0 Å². The minimum Gasteiger partial charge on any atom is -0.476 e. The number of carboxylic acids is 1. The molecule has 1 aromatic carbocycles. The van der Waals surface area contributed by atoms with Crippen molar-refractivity contribution in [3.05, 3.63) is 44.3 Å². The maximum absolute atomic E-state index is 13.5. The molecule has 0 saturated carbocycles. The van der Waals surface area contributed by atoms with E-state index in [0.717, 1.165) is 23.5 Å². The Morgan fingerprint density at radius 1 is 1.30 bits per heavy atom. The van der Waals surface area contributed by atoms with E-state index in [1.807, 2.05) is 0 Å². The standard InChI is InChI=1S/C11H5BrF2N2O3S/c12-4-1-6(14)7(2-5(4)13)15-9(17)10-16-8(3-20-10)11(18)19/h1-3H,(H,15,17)(H,18,19). The summed E-state index contributed by atoms with van der Waals surface area (Å²) >= 11 is 3.60. The zero-order valence-corrected chi connectivity index (χ0v) is 11.9. The zero-order valence-electron chi connectivity index (χ0n) is 9.49. The molecule has 2 aromatic rings. The highest BCUT2D eigenvalue weighted by atomic mass is 79.9. The van der Waals surface area contributed by atoms with Crippen LogP contribution >= 0.6 is 27.3 Å². The summed E-state index contributed by atoms with van der Waals surface area (Å²) in [7, 11) is 0. The number of carbonyl (C=O) groups is 2. The summed E-state index contributed by atoms with van der Waals surface area (Å²) in [6.07, 6.45) is 0. The highest BCUT2D eigenvalue weighted by molar-refractivity contribution is 9.10. The lowest BCUT2D eigenvalue weighted by Gasteiger charge is -2.05. The van der Waals surface area contributed by atoms with Crippen LogP contribution in [0.1, 0.15) is 20.3 Å². The Hall–Kier alpha value is -1.87. The number of halogens is 3. The molecule has 0 aliphatic rings. The van der Waals surface area contributed by atoms with Crippen molar-refractivity contribution < 1.29 is 23.5 Å². The summed E-state index contributed by atoms with van der Waals surface area (Å²) in [5, 5.41) is 11.8. The van der Waals surface area contributed by atoms with Crippen LogP contribution in [0, 0.1) is 11.6 Å². The molecule has 0 saturated heterocycles. The molecule has 20 heavy (non-hydrogen) atoms. The minimum atomic E-state index is -1.28. The maximum Gasteiger partial charge on any atom is 0.355 e. The van der Waals surface area contributed by atoms with Crippen LogP contribution in [0.4, 0.5) is 14.5 Å². The Kier molecular flexibility index (Phi) is 4.09. The number of aromatic nitrogens is 1. The van der Waals surface area contributed by atoms with Gasteiger partial charge in [-0.3, -0.25) is 4.79 Å². The average Bonchev–Trinajstić information content (AvgIpc) is 2.85. The van der Waals surface area contributed by atoms with E-state index in [0.29, 0.717) is 0 Å². The normalized spacial score (nSPS) is 10.3. The molecule has 0 spiro atoms. The third-order valence-corrected chi connectivity index (χ3v) is 3.62. The van der Waals surface area contributed by atoms with Crippen LogP contribution in [0.25, 0.3) is 0 Å². The third kappa shape index (κ3) is 2.99. The Labute approximate surface area is 123 Å². The summed E-state index contributed by atoms with van der Waals surface area (Å²) in [6, 6.07) is 1.68. The van der Waals surface area contributed by atoms with Crippen molar-refractivity contribution in [1.82, 2.24) is 4.98 Å². The zero-order chi connectivity index (χ0) is 14.9. The second kappa shape index (κ2) is 5.63. The van der Waals surface area contributed by atoms with Gasteiger partial charge in [0.05, 0.1) is 10.2 Å². The van der Waals surface area contributed by atoms with Crippen LogP contribution in [0.15, 0.2) is 22.0 Å².